The van der Waals surface area contributed by atoms with Gasteiger partial charge in [0.1, 0.15) is 5.82 Å². The van der Waals surface area contributed by atoms with E-state index >= 15 is 0 Å². The minimum Gasteiger partial charge on any atom is -0.379 e. The number of halogens is 1. The quantitative estimate of drug-likeness (QED) is 0.872. The zero-order chi connectivity index (χ0) is 16.1. The lowest BCUT2D eigenvalue weighted by atomic mass is 9.93. The molecule has 0 radical (unpaired) electrons. The van der Waals surface area contributed by atoms with Gasteiger partial charge in [0.2, 0.25) is 0 Å². The SMILES string of the molecule is C[C@@H](Cc1ccccc1F)NC1(CN2CCOCC2)CCCC1. The highest BCUT2D eigenvalue weighted by molar-refractivity contribution is 5.18. The van der Waals surface area contributed by atoms with Gasteiger partial charge < -0.3 is 10.1 Å². The van der Waals surface area contributed by atoms with E-state index in [1.807, 2.05) is 12.1 Å². The molecule has 0 amide bonds. The molecule has 1 saturated heterocycles. The first-order valence-electron chi connectivity index (χ1n) is 8.98. The van der Waals surface area contributed by atoms with Crippen LogP contribution in [0.5, 0.6) is 0 Å². The predicted octanol–water partition coefficient (Wildman–Crippen LogP) is 2.99. The second kappa shape index (κ2) is 7.73. The Morgan fingerprint density at radius 1 is 1.22 bits per heavy atom. The zero-order valence-electron chi connectivity index (χ0n) is 14.2. The largest absolute Gasteiger partial charge is 0.379 e. The van der Waals surface area contributed by atoms with Crippen molar-refractivity contribution in [3.05, 3.63) is 35.6 Å². The number of benzene rings is 1. The minimum absolute atomic E-state index is 0.0881. The average molecular weight is 320 g/mol. The summed E-state index contributed by atoms with van der Waals surface area (Å²) in [6, 6.07) is 7.42. The van der Waals surface area contributed by atoms with E-state index in [4.69, 9.17) is 4.74 Å². The molecule has 1 aromatic rings. The van der Waals surface area contributed by atoms with Gasteiger partial charge in [0.25, 0.3) is 0 Å². The molecule has 1 aliphatic carbocycles. The van der Waals surface area contributed by atoms with Crippen molar-refractivity contribution in [3.8, 4) is 0 Å². The van der Waals surface area contributed by atoms with E-state index in [0.717, 1.165) is 44.8 Å². The normalized spacial score (nSPS) is 23.0. The van der Waals surface area contributed by atoms with Gasteiger partial charge in [-0.15, -0.1) is 0 Å². The van der Waals surface area contributed by atoms with Crippen LogP contribution >= 0.6 is 0 Å². The summed E-state index contributed by atoms with van der Waals surface area (Å²) < 4.78 is 19.3. The van der Waals surface area contributed by atoms with Gasteiger partial charge in [-0.1, -0.05) is 31.0 Å². The summed E-state index contributed by atoms with van der Waals surface area (Å²) >= 11 is 0. The molecule has 3 rings (SSSR count). The summed E-state index contributed by atoms with van der Waals surface area (Å²) in [5, 5.41) is 3.87. The van der Waals surface area contributed by atoms with Crippen molar-refractivity contribution in [2.75, 3.05) is 32.8 Å². The van der Waals surface area contributed by atoms with Crippen LogP contribution in [0.15, 0.2) is 24.3 Å². The van der Waals surface area contributed by atoms with E-state index in [9.17, 15) is 4.39 Å². The molecule has 0 unspecified atom stereocenters. The van der Waals surface area contributed by atoms with Crippen molar-refractivity contribution in [1.29, 1.82) is 0 Å². The number of morpholine rings is 1. The molecule has 128 valence electrons. The Balaban J connectivity index is 1.61. The summed E-state index contributed by atoms with van der Waals surface area (Å²) in [6.45, 7) is 7.04. The minimum atomic E-state index is -0.0881. The topological polar surface area (TPSA) is 24.5 Å². The number of rotatable bonds is 6. The third-order valence-electron chi connectivity index (χ3n) is 5.23. The zero-order valence-corrected chi connectivity index (χ0v) is 14.2. The Morgan fingerprint density at radius 3 is 2.61 bits per heavy atom. The van der Waals surface area contributed by atoms with E-state index in [2.05, 4.69) is 17.1 Å². The lowest BCUT2D eigenvalue weighted by Crippen LogP contribution is -2.56. The number of hydrogen-bond donors (Lipinski definition) is 1. The summed E-state index contributed by atoms with van der Waals surface area (Å²) in [7, 11) is 0. The number of nitrogens with zero attached hydrogens (tertiary/aromatic N) is 1. The van der Waals surface area contributed by atoms with E-state index in [1.165, 1.54) is 25.7 Å². The van der Waals surface area contributed by atoms with Crippen molar-refractivity contribution < 1.29 is 9.13 Å². The van der Waals surface area contributed by atoms with Crippen LogP contribution in [0.3, 0.4) is 0 Å². The molecule has 3 nitrogen and oxygen atoms in total. The fraction of sp³-hybridized carbons (Fsp3) is 0.684. The van der Waals surface area contributed by atoms with Crippen molar-refractivity contribution in [3.63, 3.8) is 0 Å². The van der Waals surface area contributed by atoms with Crippen molar-refractivity contribution >= 4 is 0 Å². The highest BCUT2D eigenvalue weighted by Crippen LogP contribution is 2.31. The Morgan fingerprint density at radius 2 is 1.91 bits per heavy atom. The highest BCUT2D eigenvalue weighted by atomic mass is 19.1. The third-order valence-corrected chi connectivity index (χ3v) is 5.23. The fourth-order valence-corrected chi connectivity index (χ4v) is 4.15. The molecule has 0 aromatic heterocycles. The van der Waals surface area contributed by atoms with E-state index in [-0.39, 0.29) is 17.4 Å². The van der Waals surface area contributed by atoms with E-state index in [1.54, 1.807) is 12.1 Å². The van der Waals surface area contributed by atoms with Gasteiger partial charge in [0, 0.05) is 31.2 Å². The molecule has 1 N–H and O–H groups in total. The van der Waals surface area contributed by atoms with Crippen LogP contribution in [0.1, 0.15) is 38.2 Å². The van der Waals surface area contributed by atoms with Gasteiger partial charge in [-0.2, -0.15) is 0 Å². The van der Waals surface area contributed by atoms with E-state index in [0.29, 0.717) is 0 Å². The molecule has 2 aliphatic rings. The first-order chi connectivity index (χ1) is 11.2. The maximum absolute atomic E-state index is 13.9. The standard InChI is InChI=1S/C19H29FN2O/c1-16(14-17-6-2-3-7-18(17)20)21-19(8-4-5-9-19)15-22-10-12-23-13-11-22/h2-3,6-7,16,21H,4-5,8-15H2,1H3/t16-/m0/s1. The highest BCUT2D eigenvalue weighted by Gasteiger charge is 2.36. The van der Waals surface area contributed by atoms with Gasteiger partial charge in [-0.25, -0.2) is 4.39 Å². The second-order valence-corrected chi connectivity index (χ2v) is 7.22. The lowest BCUT2D eigenvalue weighted by molar-refractivity contribution is 0.0227. The molecule has 2 fully saturated rings. The van der Waals surface area contributed by atoms with Gasteiger partial charge >= 0.3 is 0 Å². The number of nitrogens with one attached hydrogen (secondary N) is 1. The molecule has 1 aromatic carbocycles. The molecule has 4 heteroatoms. The first-order valence-corrected chi connectivity index (χ1v) is 8.98. The van der Waals surface area contributed by atoms with E-state index < -0.39 is 0 Å². The molecule has 1 heterocycles. The maximum Gasteiger partial charge on any atom is 0.126 e. The van der Waals surface area contributed by atoms with Gasteiger partial charge in [0.05, 0.1) is 13.2 Å². The molecule has 1 saturated carbocycles. The van der Waals surface area contributed by atoms with Crippen LogP contribution in [0.4, 0.5) is 4.39 Å². The third kappa shape index (κ3) is 4.52. The van der Waals surface area contributed by atoms with Gasteiger partial charge in [0.15, 0.2) is 0 Å². The fourth-order valence-electron chi connectivity index (χ4n) is 4.15. The summed E-state index contributed by atoms with van der Waals surface area (Å²) in [6.07, 6.45) is 5.79. The molecule has 0 bridgehead atoms. The van der Waals surface area contributed by atoms with Gasteiger partial charge in [-0.3, -0.25) is 4.90 Å². The summed E-state index contributed by atoms with van der Waals surface area (Å²) in [5.74, 6) is -0.0881. The molecular formula is C19H29FN2O. The lowest BCUT2D eigenvalue weighted by Gasteiger charge is -2.40. The van der Waals surface area contributed by atoms with Crippen LogP contribution in [0.25, 0.3) is 0 Å². The van der Waals surface area contributed by atoms with Crippen molar-refractivity contribution in [2.24, 2.45) is 0 Å². The molecule has 23 heavy (non-hydrogen) atoms. The van der Waals surface area contributed by atoms with Crippen LogP contribution in [-0.4, -0.2) is 49.3 Å². The number of hydrogen-bond acceptors (Lipinski definition) is 3. The number of ether oxygens (including phenoxy) is 1. The second-order valence-electron chi connectivity index (χ2n) is 7.22. The summed E-state index contributed by atoms with van der Waals surface area (Å²) in [5.41, 5.74) is 1.01. The molecular weight excluding hydrogens is 291 g/mol. The monoisotopic (exact) mass is 320 g/mol. The molecule has 1 aliphatic heterocycles. The van der Waals surface area contributed by atoms with Crippen LogP contribution in [-0.2, 0) is 11.2 Å². The van der Waals surface area contributed by atoms with Crippen LogP contribution in [0.2, 0.25) is 0 Å². The Bertz CT molecular complexity index is 496. The molecule has 1 atom stereocenters. The Hall–Kier alpha value is -0.970. The van der Waals surface area contributed by atoms with Crippen molar-refractivity contribution in [1.82, 2.24) is 10.2 Å². The van der Waals surface area contributed by atoms with Crippen molar-refractivity contribution in [2.45, 2.75) is 50.6 Å². The van der Waals surface area contributed by atoms with Gasteiger partial charge in [-0.05, 0) is 37.8 Å². The smallest absolute Gasteiger partial charge is 0.126 e. The van der Waals surface area contributed by atoms with Crippen LogP contribution in [0, 0.1) is 5.82 Å². The molecule has 0 spiro atoms. The first kappa shape index (κ1) is 16.9. The Kier molecular flexibility index (Phi) is 5.67. The van der Waals surface area contributed by atoms with Crippen LogP contribution < -0.4 is 5.32 Å². The average Bonchev–Trinajstić information content (AvgIpc) is 2.98. The Labute approximate surface area is 139 Å². The summed E-state index contributed by atoms with van der Waals surface area (Å²) in [4.78, 5) is 2.53. The predicted molar refractivity (Wildman–Crippen MR) is 91.2 cm³/mol. The maximum atomic E-state index is 13.9.